The highest BCUT2D eigenvalue weighted by Crippen LogP contribution is 2.20. The summed E-state index contributed by atoms with van der Waals surface area (Å²) in [7, 11) is 4.10. The van der Waals surface area contributed by atoms with Crippen molar-refractivity contribution >= 4 is 47.5 Å². The Bertz CT molecular complexity index is 1200. The lowest BCUT2D eigenvalue weighted by molar-refractivity contribution is -0.144. The monoisotopic (exact) mass is 755 g/mol. The number of hydrogen-bond donors (Lipinski definition) is 8. The van der Waals surface area contributed by atoms with Crippen LogP contribution in [-0.4, -0.2) is 131 Å². The highest BCUT2D eigenvalue weighted by atomic mass is 16.5. The number of methoxy groups -OCH3 is 2. The summed E-state index contributed by atoms with van der Waals surface area (Å²) in [5.74, 6) is -4.19. The zero-order chi connectivity index (χ0) is 39.6. The van der Waals surface area contributed by atoms with Gasteiger partial charge < -0.3 is 57.7 Å². The van der Waals surface area contributed by atoms with Gasteiger partial charge in [-0.05, 0) is 71.3 Å². The van der Waals surface area contributed by atoms with Crippen LogP contribution in [0.25, 0.3) is 0 Å². The van der Waals surface area contributed by atoms with Gasteiger partial charge in [0.05, 0.1) is 32.7 Å². The van der Waals surface area contributed by atoms with E-state index in [4.69, 9.17) is 16.2 Å². The summed E-state index contributed by atoms with van der Waals surface area (Å²) >= 11 is 0. The molecule has 0 unspecified atom stereocenters. The second kappa shape index (κ2) is 27.1. The smallest absolute Gasteiger partial charge is 0.406 e. The van der Waals surface area contributed by atoms with Gasteiger partial charge in [-0.15, -0.1) is 0 Å². The minimum absolute atomic E-state index is 0.110. The number of unbranched alkanes of at least 4 members (excludes halogenated alkanes) is 3. The Kier molecular flexibility index (Phi) is 23.8. The fraction of sp³-hybridized carbons (Fsp3) is 0.765. The summed E-state index contributed by atoms with van der Waals surface area (Å²) < 4.78 is 9.24. The number of amides is 7. The molecule has 3 atom stereocenters. The van der Waals surface area contributed by atoms with Crippen molar-refractivity contribution in [3.63, 3.8) is 0 Å². The van der Waals surface area contributed by atoms with Gasteiger partial charge in [0.25, 0.3) is 0 Å². The third-order valence-corrected chi connectivity index (χ3v) is 8.64. The Morgan fingerprint density at radius 1 is 0.679 bits per heavy atom. The van der Waals surface area contributed by atoms with E-state index in [-0.39, 0.29) is 32.5 Å². The molecule has 0 aromatic rings. The molecule has 1 aliphatic carbocycles. The fourth-order valence-electron chi connectivity index (χ4n) is 5.35. The first-order chi connectivity index (χ1) is 25.3. The normalized spacial score (nSPS) is 13.8. The number of esters is 1. The number of hydrogen-bond acceptors (Lipinski definition) is 12. The van der Waals surface area contributed by atoms with Crippen LogP contribution in [0.1, 0.15) is 83.5 Å². The van der Waals surface area contributed by atoms with Gasteiger partial charge in [0.15, 0.2) is 0 Å². The third kappa shape index (κ3) is 22.2. The van der Waals surface area contributed by atoms with Gasteiger partial charge in [-0.3, -0.25) is 33.6 Å². The standard InChI is InChI=1S/C34H61N9O10/c1-37-25(31(35)48)11-5-8-16-38-27(44)21-43(22-28(45)39-17-9-6-12-26(32(36)49)42-24-13-14-24)29(46)15-19-40-33(50)23(20-30(47)52-2)10-4-7-18-41-34(51)53-3/h23-26,37,42H,4-22H2,1-3H3,(H2,35,48)(H2,36,49)(H,38,44)(H,39,45)(H,40,50)(H,41,51)/t23-,25+,26+/m1/s1. The number of nitrogens with zero attached hydrogens (tertiary/aromatic N) is 1. The molecule has 0 heterocycles. The van der Waals surface area contributed by atoms with E-state index in [0.29, 0.717) is 70.4 Å². The second-order valence-electron chi connectivity index (χ2n) is 13.0. The molecular weight excluding hydrogens is 694 g/mol. The molecule has 10 N–H and O–H groups in total. The topological polar surface area (TPSA) is 282 Å². The number of likely N-dealkylation sites (N-methyl/N-ethyl adjacent to an activating group) is 1. The first kappa shape index (κ1) is 46.5. The molecule has 53 heavy (non-hydrogen) atoms. The summed E-state index contributed by atoms with van der Waals surface area (Å²) in [5, 5.41) is 16.7. The van der Waals surface area contributed by atoms with Crippen LogP contribution in [0.3, 0.4) is 0 Å². The van der Waals surface area contributed by atoms with Gasteiger partial charge in [0.1, 0.15) is 13.1 Å². The number of nitrogens with one attached hydrogen (secondary N) is 6. The lowest BCUT2D eigenvalue weighted by atomic mass is 9.97. The molecule has 0 aromatic heterocycles. The third-order valence-electron chi connectivity index (χ3n) is 8.64. The Labute approximate surface area is 311 Å². The van der Waals surface area contributed by atoms with Gasteiger partial charge in [-0.2, -0.15) is 0 Å². The summed E-state index contributed by atoms with van der Waals surface area (Å²) in [6.45, 7) is -0.0254. The minimum atomic E-state index is -0.738. The predicted octanol–water partition coefficient (Wildman–Crippen LogP) is -1.72. The molecule has 1 fully saturated rings. The molecule has 302 valence electrons. The number of nitrogens with two attached hydrogens (primary N) is 2. The van der Waals surface area contributed by atoms with Crippen LogP contribution >= 0.6 is 0 Å². The highest BCUT2D eigenvalue weighted by molar-refractivity contribution is 5.89. The average Bonchev–Trinajstić information content (AvgIpc) is 3.95. The number of alkyl carbamates (subject to hydrolysis) is 1. The molecule has 7 amide bonds. The van der Waals surface area contributed by atoms with Crippen molar-refractivity contribution in [3.05, 3.63) is 0 Å². The molecule has 1 saturated carbocycles. The van der Waals surface area contributed by atoms with Crippen LogP contribution in [-0.2, 0) is 43.0 Å². The number of carbonyl (C=O) groups excluding carboxylic acids is 8. The highest BCUT2D eigenvalue weighted by Gasteiger charge is 2.27. The zero-order valence-electron chi connectivity index (χ0n) is 31.4. The van der Waals surface area contributed by atoms with E-state index in [1.165, 1.54) is 14.2 Å². The van der Waals surface area contributed by atoms with E-state index in [1.807, 2.05) is 0 Å². The van der Waals surface area contributed by atoms with Crippen molar-refractivity contribution < 1.29 is 47.8 Å². The molecular formula is C34H61N9O10. The quantitative estimate of drug-likeness (QED) is 0.0300. The molecule has 19 nitrogen and oxygen atoms in total. The lowest BCUT2D eigenvalue weighted by Crippen LogP contribution is -2.47. The van der Waals surface area contributed by atoms with Crippen molar-refractivity contribution in [2.24, 2.45) is 17.4 Å². The summed E-state index contributed by atoms with van der Waals surface area (Å²) in [6.07, 6.45) is 5.82. The SMILES string of the molecule is CN[C@@H](CCCCNC(=O)CN(CC(=O)NCCCC[C@H](NC1CC1)C(N)=O)C(=O)CCNC(=O)[C@H](CCCCNC(=O)OC)CC(=O)OC)C(N)=O. The fourth-order valence-corrected chi connectivity index (χ4v) is 5.35. The van der Waals surface area contributed by atoms with E-state index >= 15 is 0 Å². The summed E-state index contributed by atoms with van der Waals surface area (Å²) in [6, 6.07) is -0.583. The van der Waals surface area contributed by atoms with Crippen molar-refractivity contribution in [1.29, 1.82) is 0 Å². The number of carbonyl (C=O) groups is 8. The maximum Gasteiger partial charge on any atom is 0.406 e. The molecule has 1 aliphatic rings. The van der Waals surface area contributed by atoms with Gasteiger partial charge >= 0.3 is 12.1 Å². The molecule has 0 spiro atoms. The van der Waals surface area contributed by atoms with E-state index < -0.39 is 78.6 Å². The molecule has 0 saturated heterocycles. The molecule has 0 aliphatic heterocycles. The molecule has 0 radical (unpaired) electrons. The van der Waals surface area contributed by atoms with E-state index in [2.05, 4.69) is 36.6 Å². The van der Waals surface area contributed by atoms with Gasteiger partial charge in [-0.25, -0.2) is 4.79 Å². The first-order valence-corrected chi connectivity index (χ1v) is 18.3. The Balaban J connectivity index is 2.71. The summed E-state index contributed by atoms with van der Waals surface area (Å²) in [5.41, 5.74) is 10.8. The van der Waals surface area contributed by atoms with Crippen LogP contribution in [0.4, 0.5) is 4.79 Å². The average molecular weight is 756 g/mol. The Morgan fingerprint density at radius 2 is 1.21 bits per heavy atom. The molecule has 0 bridgehead atoms. The van der Waals surface area contributed by atoms with E-state index in [9.17, 15) is 38.4 Å². The van der Waals surface area contributed by atoms with Gasteiger partial charge in [0, 0.05) is 44.6 Å². The van der Waals surface area contributed by atoms with Gasteiger partial charge in [-0.1, -0.05) is 6.42 Å². The maximum atomic E-state index is 13.3. The number of rotatable bonds is 30. The first-order valence-electron chi connectivity index (χ1n) is 18.3. The predicted molar refractivity (Wildman–Crippen MR) is 193 cm³/mol. The van der Waals surface area contributed by atoms with E-state index in [1.54, 1.807) is 7.05 Å². The van der Waals surface area contributed by atoms with Crippen molar-refractivity contribution in [3.8, 4) is 0 Å². The van der Waals surface area contributed by atoms with Crippen LogP contribution in [0.5, 0.6) is 0 Å². The number of ether oxygens (including phenoxy) is 2. The molecule has 0 aromatic carbocycles. The van der Waals surface area contributed by atoms with Crippen LogP contribution in [0.15, 0.2) is 0 Å². The lowest BCUT2D eigenvalue weighted by Gasteiger charge is -2.22. The molecule has 19 heteroatoms. The van der Waals surface area contributed by atoms with Crippen LogP contribution in [0.2, 0.25) is 0 Å². The van der Waals surface area contributed by atoms with Crippen molar-refractivity contribution in [2.75, 3.05) is 60.5 Å². The van der Waals surface area contributed by atoms with Crippen molar-refractivity contribution in [2.45, 2.75) is 102 Å². The maximum absolute atomic E-state index is 13.3. The Hall–Kier alpha value is -4.52. The molecule has 1 rings (SSSR count). The summed E-state index contributed by atoms with van der Waals surface area (Å²) in [4.78, 5) is 99.3. The van der Waals surface area contributed by atoms with Gasteiger partial charge in [0.2, 0.25) is 35.4 Å². The minimum Gasteiger partial charge on any atom is -0.469 e. The van der Waals surface area contributed by atoms with Crippen LogP contribution in [0, 0.1) is 5.92 Å². The van der Waals surface area contributed by atoms with Crippen LogP contribution < -0.4 is 43.4 Å². The largest absolute Gasteiger partial charge is 0.469 e. The number of primary amides is 2. The zero-order valence-corrected chi connectivity index (χ0v) is 31.4. The Morgan fingerprint density at radius 3 is 1.70 bits per heavy atom. The van der Waals surface area contributed by atoms with Crippen molar-refractivity contribution in [1.82, 2.24) is 36.8 Å². The van der Waals surface area contributed by atoms with E-state index in [0.717, 1.165) is 17.7 Å². The second-order valence-corrected chi connectivity index (χ2v) is 13.0.